The number of halogens is 1. The second-order valence-corrected chi connectivity index (χ2v) is 7.33. The molecule has 0 radical (unpaired) electrons. The number of rotatable bonds is 5. The zero-order valence-electron chi connectivity index (χ0n) is 15.4. The highest BCUT2D eigenvalue weighted by atomic mass is 35.5. The van der Waals surface area contributed by atoms with Crippen LogP contribution in [-0.4, -0.2) is 23.0 Å². The Labute approximate surface area is 172 Å². The minimum absolute atomic E-state index is 0.143. The Morgan fingerprint density at radius 3 is 2.07 bits per heavy atom. The molecule has 4 aromatic carbocycles. The first kappa shape index (κ1) is 19.0. The van der Waals surface area contributed by atoms with Gasteiger partial charge in [0.1, 0.15) is 6.04 Å². The lowest BCUT2D eigenvalue weighted by Gasteiger charge is -2.17. The number of carboxylic acids is 1. The van der Waals surface area contributed by atoms with E-state index in [1.54, 1.807) is 24.3 Å². The molecular formula is C24H18ClNO3. The standard InChI is InChI=1S/C24H18ClNO3/c25-18-9-5-6-15(12-18)13-21(24(28)29)26-23(27)22-19-10-3-1-7-16(19)14-17-8-2-4-11-20(17)22/h1-12,14,21H,13H2,(H,26,27)(H,28,29)/t21-/m1/s1. The van der Waals surface area contributed by atoms with Gasteiger partial charge < -0.3 is 10.4 Å². The van der Waals surface area contributed by atoms with Crippen LogP contribution in [0, 0.1) is 0 Å². The van der Waals surface area contributed by atoms with Crippen molar-refractivity contribution in [2.45, 2.75) is 12.5 Å². The maximum atomic E-state index is 13.2. The van der Waals surface area contributed by atoms with Crippen LogP contribution in [0.1, 0.15) is 15.9 Å². The van der Waals surface area contributed by atoms with Crippen molar-refractivity contribution < 1.29 is 14.7 Å². The molecule has 1 amide bonds. The lowest BCUT2D eigenvalue weighted by Crippen LogP contribution is -2.42. The minimum Gasteiger partial charge on any atom is -0.480 e. The summed E-state index contributed by atoms with van der Waals surface area (Å²) in [7, 11) is 0. The summed E-state index contributed by atoms with van der Waals surface area (Å²) >= 11 is 6.01. The van der Waals surface area contributed by atoms with Crippen molar-refractivity contribution in [2.24, 2.45) is 0 Å². The lowest BCUT2D eigenvalue weighted by atomic mass is 9.96. The molecule has 2 N–H and O–H groups in total. The third kappa shape index (κ3) is 3.93. The lowest BCUT2D eigenvalue weighted by molar-refractivity contribution is -0.139. The molecule has 4 aromatic rings. The zero-order chi connectivity index (χ0) is 20.4. The molecule has 0 fully saturated rings. The number of carboxylic acid groups (broad SMARTS) is 1. The summed E-state index contributed by atoms with van der Waals surface area (Å²) < 4.78 is 0. The predicted molar refractivity (Wildman–Crippen MR) is 116 cm³/mol. The van der Waals surface area contributed by atoms with Gasteiger partial charge in [-0.25, -0.2) is 4.79 Å². The van der Waals surface area contributed by atoms with Gasteiger partial charge in [0.05, 0.1) is 5.56 Å². The number of carbonyl (C=O) groups is 2. The van der Waals surface area contributed by atoms with Crippen LogP contribution in [0.5, 0.6) is 0 Å². The van der Waals surface area contributed by atoms with Gasteiger partial charge >= 0.3 is 5.97 Å². The Kier molecular flexibility index (Phi) is 5.19. The normalized spacial score (nSPS) is 12.0. The van der Waals surface area contributed by atoms with Gasteiger partial charge in [0.15, 0.2) is 0 Å². The Morgan fingerprint density at radius 1 is 0.862 bits per heavy atom. The van der Waals surface area contributed by atoms with E-state index in [1.807, 2.05) is 54.6 Å². The second-order valence-electron chi connectivity index (χ2n) is 6.89. The van der Waals surface area contributed by atoms with E-state index >= 15 is 0 Å². The van der Waals surface area contributed by atoms with Gasteiger partial charge in [0.25, 0.3) is 5.91 Å². The number of nitrogens with one attached hydrogen (secondary N) is 1. The second kappa shape index (κ2) is 7.94. The number of hydrogen-bond donors (Lipinski definition) is 2. The van der Waals surface area contributed by atoms with Crippen LogP contribution >= 0.6 is 11.6 Å². The van der Waals surface area contributed by atoms with Crippen molar-refractivity contribution in [3.8, 4) is 0 Å². The minimum atomic E-state index is -1.09. The largest absolute Gasteiger partial charge is 0.480 e. The first-order valence-electron chi connectivity index (χ1n) is 9.21. The summed E-state index contributed by atoms with van der Waals surface area (Å²) in [5.41, 5.74) is 1.23. The van der Waals surface area contributed by atoms with E-state index in [-0.39, 0.29) is 6.42 Å². The van der Waals surface area contributed by atoms with Gasteiger partial charge in [-0.05, 0) is 45.3 Å². The number of carbonyl (C=O) groups excluding carboxylic acids is 1. The number of aliphatic carboxylic acids is 1. The molecule has 0 aliphatic heterocycles. The summed E-state index contributed by atoms with van der Waals surface area (Å²) in [5, 5.41) is 16.3. The summed E-state index contributed by atoms with van der Waals surface area (Å²) in [6, 6.07) is 23.2. The molecule has 0 bridgehead atoms. The third-order valence-electron chi connectivity index (χ3n) is 4.93. The molecule has 1 atom stereocenters. The summed E-state index contributed by atoms with van der Waals surface area (Å²) in [6.07, 6.45) is 0.143. The van der Waals surface area contributed by atoms with E-state index in [2.05, 4.69) is 5.32 Å². The van der Waals surface area contributed by atoms with Gasteiger partial charge in [-0.2, -0.15) is 0 Å². The van der Waals surface area contributed by atoms with Gasteiger partial charge in [-0.15, -0.1) is 0 Å². The summed E-state index contributed by atoms with van der Waals surface area (Å²) in [6.45, 7) is 0. The van der Waals surface area contributed by atoms with E-state index in [0.29, 0.717) is 10.6 Å². The Morgan fingerprint density at radius 2 is 1.48 bits per heavy atom. The average Bonchev–Trinajstić information content (AvgIpc) is 2.71. The summed E-state index contributed by atoms with van der Waals surface area (Å²) in [4.78, 5) is 25.1. The molecule has 4 nitrogen and oxygen atoms in total. The molecule has 0 saturated heterocycles. The Bertz CT molecular complexity index is 1180. The van der Waals surface area contributed by atoms with Gasteiger partial charge in [0, 0.05) is 11.4 Å². The van der Waals surface area contributed by atoms with Crippen LogP contribution in [0.25, 0.3) is 21.5 Å². The number of amides is 1. The van der Waals surface area contributed by atoms with Gasteiger partial charge in [-0.3, -0.25) is 4.79 Å². The molecule has 0 aliphatic carbocycles. The molecule has 4 rings (SSSR count). The fourth-order valence-corrected chi connectivity index (χ4v) is 3.80. The molecule has 0 heterocycles. The molecule has 0 unspecified atom stereocenters. The zero-order valence-corrected chi connectivity index (χ0v) is 16.2. The average molecular weight is 404 g/mol. The first-order chi connectivity index (χ1) is 14.0. The van der Waals surface area contributed by atoms with E-state index in [1.165, 1.54) is 0 Å². The maximum Gasteiger partial charge on any atom is 0.326 e. The number of fused-ring (bicyclic) bond motifs is 2. The first-order valence-corrected chi connectivity index (χ1v) is 9.59. The van der Waals surface area contributed by atoms with E-state index in [0.717, 1.165) is 27.1 Å². The summed E-state index contributed by atoms with van der Waals surface area (Å²) in [5.74, 6) is -1.50. The SMILES string of the molecule is O=C(N[C@H](Cc1cccc(Cl)c1)C(=O)O)c1c2ccccc2cc2ccccc12. The third-order valence-corrected chi connectivity index (χ3v) is 5.17. The molecule has 29 heavy (non-hydrogen) atoms. The molecule has 0 spiro atoms. The van der Waals surface area contributed by atoms with Gasteiger partial charge in [-0.1, -0.05) is 72.3 Å². The van der Waals surface area contributed by atoms with Crippen LogP contribution in [0.3, 0.4) is 0 Å². The van der Waals surface area contributed by atoms with Gasteiger partial charge in [0.2, 0.25) is 0 Å². The van der Waals surface area contributed by atoms with Crippen LogP contribution in [-0.2, 0) is 11.2 Å². The monoisotopic (exact) mass is 403 g/mol. The van der Waals surface area contributed by atoms with Crippen molar-refractivity contribution in [3.05, 3.63) is 95.0 Å². The van der Waals surface area contributed by atoms with Crippen LogP contribution in [0.15, 0.2) is 78.9 Å². The molecular weight excluding hydrogens is 386 g/mol. The van der Waals surface area contributed by atoms with Crippen molar-refractivity contribution in [2.75, 3.05) is 0 Å². The maximum absolute atomic E-state index is 13.2. The van der Waals surface area contributed by atoms with Crippen molar-refractivity contribution in [1.82, 2.24) is 5.32 Å². The van der Waals surface area contributed by atoms with Crippen LogP contribution in [0.4, 0.5) is 0 Å². The molecule has 144 valence electrons. The number of hydrogen-bond acceptors (Lipinski definition) is 2. The molecule has 0 aromatic heterocycles. The van der Waals surface area contributed by atoms with E-state index < -0.39 is 17.9 Å². The van der Waals surface area contributed by atoms with Crippen molar-refractivity contribution >= 4 is 45.0 Å². The molecule has 0 aliphatic rings. The Hall–Kier alpha value is -3.37. The van der Waals surface area contributed by atoms with E-state index in [4.69, 9.17) is 11.6 Å². The highest BCUT2D eigenvalue weighted by Gasteiger charge is 2.23. The van der Waals surface area contributed by atoms with Crippen molar-refractivity contribution in [3.63, 3.8) is 0 Å². The quantitative estimate of drug-likeness (QED) is 0.457. The molecule has 5 heteroatoms. The van der Waals surface area contributed by atoms with E-state index in [9.17, 15) is 14.7 Å². The smallest absolute Gasteiger partial charge is 0.326 e. The fraction of sp³-hybridized carbons (Fsp3) is 0.0833. The van der Waals surface area contributed by atoms with Crippen LogP contribution < -0.4 is 5.32 Å². The number of benzene rings is 4. The topological polar surface area (TPSA) is 66.4 Å². The highest BCUT2D eigenvalue weighted by molar-refractivity contribution is 6.30. The molecule has 0 saturated carbocycles. The highest BCUT2D eigenvalue weighted by Crippen LogP contribution is 2.28. The Balaban J connectivity index is 1.74. The van der Waals surface area contributed by atoms with Crippen molar-refractivity contribution in [1.29, 1.82) is 0 Å². The van der Waals surface area contributed by atoms with Crippen LogP contribution in [0.2, 0.25) is 5.02 Å². The predicted octanol–water partition coefficient (Wildman–Crippen LogP) is 5.07. The fourth-order valence-electron chi connectivity index (χ4n) is 3.59.